The van der Waals surface area contributed by atoms with E-state index in [0.717, 1.165) is 15.9 Å². The van der Waals surface area contributed by atoms with Gasteiger partial charge in [-0.3, -0.25) is 9.78 Å². The summed E-state index contributed by atoms with van der Waals surface area (Å²) in [6.45, 7) is 7.76. The molecule has 1 unspecified atom stereocenters. The summed E-state index contributed by atoms with van der Waals surface area (Å²) in [6, 6.07) is 18.5. The lowest BCUT2D eigenvalue weighted by molar-refractivity contribution is 0.0154. The summed E-state index contributed by atoms with van der Waals surface area (Å²) in [4.78, 5) is 17.2. The molecule has 0 aliphatic heterocycles. The number of hydrogen-bond donors (Lipinski definition) is 1. The molecule has 0 aliphatic carbocycles. The van der Waals surface area contributed by atoms with E-state index in [1.165, 1.54) is 0 Å². The van der Waals surface area contributed by atoms with Crippen LogP contribution in [0.15, 0.2) is 65.1 Å². The monoisotopic (exact) mass is 468 g/mol. The molecular weight excluding hydrogens is 444 g/mol. The van der Waals surface area contributed by atoms with E-state index in [-0.39, 0.29) is 18.1 Å². The molecule has 0 fully saturated rings. The molecule has 30 heavy (non-hydrogen) atoms. The fraction of sp³-hybridized carbons (Fsp3) is 0.250. The topological polar surface area (TPSA) is 60.5 Å². The van der Waals surface area contributed by atoms with Gasteiger partial charge in [-0.2, -0.15) is 0 Å². The van der Waals surface area contributed by atoms with Crippen molar-refractivity contribution < 1.29 is 14.3 Å². The molecule has 5 nitrogen and oxygen atoms in total. The van der Waals surface area contributed by atoms with Gasteiger partial charge in [0.25, 0.3) is 5.91 Å². The average Bonchev–Trinajstić information content (AvgIpc) is 2.70. The number of hydrogen-bond acceptors (Lipinski definition) is 4. The zero-order valence-corrected chi connectivity index (χ0v) is 19.1. The number of carbonyl (C=O) groups is 1. The Balaban J connectivity index is 1.66. The summed E-state index contributed by atoms with van der Waals surface area (Å²) >= 11 is 3.46. The molecule has 2 aromatic carbocycles. The minimum absolute atomic E-state index is 0.111. The van der Waals surface area contributed by atoms with Crippen molar-refractivity contribution in [3.05, 3.63) is 82.1 Å². The van der Waals surface area contributed by atoms with Crippen LogP contribution in [-0.4, -0.2) is 17.0 Å². The molecule has 3 rings (SSSR count). The van der Waals surface area contributed by atoms with E-state index < -0.39 is 0 Å². The van der Waals surface area contributed by atoms with Gasteiger partial charge in [0.2, 0.25) is 0 Å². The van der Waals surface area contributed by atoms with Crippen molar-refractivity contribution in [2.24, 2.45) is 0 Å². The number of anilines is 1. The van der Waals surface area contributed by atoms with Crippen molar-refractivity contribution in [1.29, 1.82) is 0 Å². The van der Waals surface area contributed by atoms with Gasteiger partial charge in [-0.25, -0.2) is 0 Å². The van der Waals surface area contributed by atoms with Gasteiger partial charge < -0.3 is 14.8 Å². The third kappa shape index (κ3) is 5.68. The third-order valence-corrected chi connectivity index (χ3v) is 5.08. The Morgan fingerprint density at radius 3 is 2.33 bits per heavy atom. The standard InChI is InChI=1S/C24H25BrN2O3/c1-15(2)29-17(4)22-14-13-20(16(3)26-22)24(28)27-18-9-11-19(12-10-18)30-23-8-6-5-7-21(23)25/h5-15,17H,1-4H3,(H,27,28). The highest BCUT2D eigenvalue weighted by Crippen LogP contribution is 2.29. The molecule has 6 heteroatoms. The van der Waals surface area contributed by atoms with E-state index in [4.69, 9.17) is 9.47 Å². The van der Waals surface area contributed by atoms with Crippen molar-refractivity contribution in [2.75, 3.05) is 5.32 Å². The highest BCUT2D eigenvalue weighted by molar-refractivity contribution is 9.10. The smallest absolute Gasteiger partial charge is 0.257 e. The second-order valence-electron chi connectivity index (χ2n) is 7.21. The van der Waals surface area contributed by atoms with Crippen LogP contribution in [0.3, 0.4) is 0 Å². The van der Waals surface area contributed by atoms with Crippen molar-refractivity contribution in [3.63, 3.8) is 0 Å². The summed E-state index contributed by atoms with van der Waals surface area (Å²) in [6.07, 6.45) is -0.0157. The second-order valence-corrected chi connectivity index (χ2v) is 8.06. The molecule has 0 aliphatic rings. The molecule has 0 saturated heterocycles. The first-order chi connectivity index (χ1) is 14.3. The summed E-state index contributed by atoms with van der Waals surface area (Å²) < 4.78 is 12.5. The predicted octanol–water partition coefficient (Wildman–Crippen LogP) is 6.68. The Morgan fingerprint density at radius 2 is 1.70 bits per heavy atom. The van der Waals surface area contributed by atoms with Crippen LogP contribution in [0.25, 0.3) is 0 Å². The molecule has 1 aromatic heterocycles. The number of halogens is 1. The van der Waals surface area contributed by atoms with Crippen LogP contribution in [0.1, 0.15) is 48.6 Å². The zero-order valence-electron chi connectivity index (χ0n) is 17.5. The zero-order chi connectivity index (χ0) is 21.7. The Hall–Kier alpha value is -2.70. The number of carbonyl (C=O) groups excluding carboxylic acids is 1. The maximum absolute atomic E-state index is 12.7. The number of para-hydroxylation sites is 1. The Kier molecular flexibility index (Phi) is 7.24. The average molecular weight is 469 g/mol. The van der Waals surface area contributed by atoms with Crippen LogP contribution < -0.4 is 10.1 Å². The molecule has 0 saturated carbocycles. The molecule has 3 aromatic rings. The first-order valence-electron chi connectivity index (χ1n) is 9.80. The molecule has 1 atom stereocenters. The maximum atomic E-state index is 12.7. The number of aromatic nitrogens is 1. The molecule has 1 heterocycles. The second kappa shape index (κ2) is 9.87. The van der Waals surface area contributed by atoms with Gasteiger partial charge >= 0.3 is 0 Å². The Bertz CT molecular complexity index is 1020. The summed E-state index contributed by atoms with van der Waals surface area (Å²) in [5, 5.41) is 2.91. The van der Waals surface area contributed by atoms with Crippen LogP contribution in [0.2, 0.25) is 0 Å². The van der Waals surface area contributed by atoms with E-state index in [2.05, 4.69) is 26.2 Å². The maximum Gasteiger partial charge on any atom is 0.257 e. The van der Waals surface area contributed by atoms with Gasteiger partial charge in [0.05, 0.1) is 33.6 Å². The highest BCUT2D eigenvalue weighted by Gasteiger charge is 2.15. The van der Waals surface area contributed by atoms with Gasteiger partial charge in [0, 0.05) is 5.69 Å². The molecule has 0 spiro atoms. The molecule has 1 amide bonds. The third-order valence-electron chi connectivity index (χ3n) is 4.42. The number of nitrogens with zero attached hydrogens (tertiary/aromatic N) is 1. The van der Waals surface area contributed by atoms with Crippen molar-refractivity contribution in [3.8, 4) is 11.5 Å². The number of benzene rings is 2. The molecule has 156 valence electrons. The first kappa shape index (κ1) is 22.0. The lowest BCUT2D eigenvalue weighted by Crippen LogP contribution is -2.16. The minimum atomic E-state index is -0.205. The Labute approximate surface area is 185 Å². The lowest BCUT2D eigenvalue weighted by Gasteiger charge is -2.17. The van der Waals surface area contributed by atoms with Crippen LogP contribution >= 0.6 is 15.9 Å². The highest BCUT2D eigenvalue weighted by atomic mass is 79.9. The van der Waals surface area contributed by atoms with Crippen LogP contribution in [0.4, 0.5) is 5.69 Å². The molecule has 0 bridgehead atoms. The van der Waals surface area contributed by atoms with Crippen LogP contribution in [0.5, 0.6) is 11.5 Å². The lowest BCUT2D eigenvalue weighted by atomic mass is 10.1. The van der Waals surface area contributed by atoms with Crippen molar-refractivity contribution >= 4 is 27.5 Å². The van der Waals surface area contributed by atoms with Gasteiger partial charge in [-0.15, -0.1) is 0 Å². The van der Waals surface area contributed by atoms with Crippen molar-refractivity contribution in [2.45, 2.75) is 39.9 Å². The van der Waals surface area contributed by atoms with E-state index in [1.54, 1.807) is 18.2 Å². The summed E-state index contributed by atoms with van der Waals surface area (Å²) in [5.41, 5.74) is 2.69. The fourth-order valence-corrected chi connectivity index (χ4v) is 3.35. The van der Waals surface area contributed by atoms with Crippen LogP contribution in [0, 0.1) is 6.92 Å². The molecular formula is C24H25BrN2O3. The van der Waals surface area contributed by atoms with Gasteiger partial charge in [0.15, 0.2) is 0 Å². The SMILES string of the molecule is Cc1nc(C(C)OC(C)C)ccc1C(=O)Nc1ccc(Oc2ccccc2Br)cc1. The number of aryl methyl sites for hydroxylation is 1. The predicted molar refractivity (Wildman–Crippen MR) is 122 cm³/mol. The van der Waals surface area contributed by atoms with Gasteiger partial charge in [-0.1, -0.05) is 12.1 Å². The normalized spacial score (nSPS) is 11.9. The fourth-order valence-electron chi connectivity index (χ4n) is 2.98. The number of rotatable bonds is 7. The van der Waals surface area contributed by atoms with E-state index in [0.29, 0.717) is 22.7 Å². The minimum Gasteiger partial charge on any atom is -0.456 e. The first-order valence-corrected chi connectivity index (χ1v) is 10.6. The quantitative estimate of drug-likeness (QED) is 0.419. The van der Waals surface area contributed by atoms with Crippen LogP contribution in [-0.2, 0) is 4.74 Å². The number of pyridine rings is 1. The van der Waals surface area contributed by atoms with E-state index in [1.807, 2.05) is 70.2 Å². The largest absolute Gasteiger partial charge is 0.456 e. The summed E-state index contributed by atoms with van der Waals surface area (Å²) in [7, 11) is 0. The van der Waals surface area contributed by atoms with Gasteiger partial charge in [-0.05, 0) is 92.2 Å². The number of amides is 1. The van der Waals surface area contributed by atoms with Gasteiger partial charge in [0.1, 0.15) is 11.5 Å². The molecule has 0 radical (unpaired) electrons. The van der Waals surface area contributed by atoms with E-state index in [9.17, 15) is 4.79 Å². The summed E-state index contributed by atoms with van der Waals surface area (Å²) in [5.74, 6) is 1.21. The number of ether oxygens (including phenoxy) is 2. The Morgan fingerprint density at radius 1 is 1.00 bits per heavy atom. The van der Waals surface area contributed by atoms with E-state index >= 15 is 0 Å². The van der Waals surface area contributed by atoms with Crippen molar-refractivity contribution in [1.82, 2.24) is 4.98 Å². The number of nitrogens with one attached hydrogen (secondary N) is 1. The molecule has 1 N–H and O–H groups in total.